The van der Waals surface area contributed by atoms with Crippen LogP contribution < -0.4 is 0 Å². The van der Waals surface area contributed by atoms with Crippen LogP contribution in [-0.2, 0) is 4.74 Å². The van der Waals surface area contributed by atoms with Gasteiger partial charge in [-0.25, -0.2) is 0 Å². The second kappa shape index (κ2) is 8.11. The van der Waals surface area contributed by atoms with Crippen LogP contribution in [0.1, 0.15) is 33.1 Å². The summed E-state index contributed by atoms with van der Waals surface area (Å²) < 4.78 is 5.03. The molecule has 0 fully saturated rings. The Morgan fingerprint density at radius 1 is 1.23 bits per heavy atom. The maximum absolute atomic E-state index is 5.03. The van der Waals surface area contributed by atoms with Crippen LogP contribution in [-0.4, -0.2) is 31.7 Å². The Kier molecular flexibility index (Phi) is 7.80. The van der Waals surface area contributed by atoms with Crippen LogP contribution in [0, 0.1) is 0 Å². The maximum Gasteiger partial charge on any atom is 0.0516 e. The second-order valence-corrected chi connectivity index (χ2v) is 3.30. The third-order valence-electron chi connectivity index (χ3n) is 2.03. The van der Waals surface area contributed by atoms with E-state index in [0.717, 1.165) is 26.1 Å². The summed E-state index contributed by atoms with van der Waals surface area (Å²) in [6.45, 7) is 11.5. The van der Waals surface area contributed by atoms with Crippen LogP contribution >= 0.6 is 0 Å². The van der Waals surface area contributed by atoms with Crippen molar-refractivity contribution in [1.82, 2.24) is 4.90 Å². The Morgan fingerprint density at radius 2 is 1.77 bits per heavy atom. The van der Waals surface area contributed by atoms with Crippen LogP contribution in [0.2, 0.25) is 0 Å². The highest BCUT2D eigenvalue weighted by atomic mass is 16.5. The van der Waals surface area contributed by atoms with Crippen LogP contribution in [0.3, 0.4) is 0 Å². The summed E-state index contributed by atoms with van der Waals surface area (Å²) in [5.41, 5.74) is 1.21. The van der Waals surface area contributed by atoms with Crippen molar-refractivity contribution in [3.8, 4) is 0 Å². The van der Waals surface area contributed by atoms with E-state index in [2.05, 4.69) is 25.3 Å². The van der Waals surface area contributed by atoms with Crippen LogP contribution in [0.5, 0.6) is 0 Å². The second-order valence-electron chi connectivity index (χ2n) is 3.30. The highest BCUT2D eigenvalue weighted by Gasteiger charge is 2.04. The lowest BCUT2D eigenvalue weighted by molar-refractivity contribution is 0.190. The summed E-state index contributed by atoms with van der Waals surface area (Å²) >= 11 is 0. The fourth-order valence-corrected chi connectivity index (χ4v) is 1.35. The molecule has 0 aliphatic heterocycles. The molecule has 0 unspecified atom stereocenters. The van der Waals surface area contributed by atoms with Gasteiger partial charge in [0.25, 0.3) is 0 Å². The predicted molar refractivity (Wildman–Crippen MR) is 57.8 cm³/mol. The zero-order valence-electron chi connectivity index (χ0n) is 9.31. The molecular weight excluding hydrogens is 162 g/mol. The van der Waals surface area contributed by atoms with E-state index in [1.54, 1.807) is 7.11 Å². The maximum atomic E-state index is 5.03. The molecule has 0 aliphatic rings. The largest absolute Gasteiger partial charge is 0.384 e. The molecule has 0 aromatic rings. The molecule has 0 saturated carbocycles. The fraction of sp³-hybridized carbons (Fsp3) is 0.818. The molecule has 0 heterocycles. The minimum atomic E-state index is 0.781. The fourth-order valence-electron chi connectivity index (χ4n) is 1.35. The van der Waals surface area contributed by atoms with Crippen molar-refractivity contribution in [3.05, 3.63) is 12.3 Å². The minimum Gasteiger partial charge on any atom is -0.384 e. The van der Waals surface area contributed by atoms with Crippen LogP contribution in [0.15, 0.2) is 12.3 Å². The monoisotopic (exact) mass is 185 g/mol. The third kappa shape index (κ3) is 5.69. The molecule has 0 N–H and O–H groups in total. The topological polar surface area (TPSA) is 12.5 Å². The molecule has 0 rings (SSSR count). The Balaban J connectivity index is 3.80. The van der Waals surface area contributed by atoms with Gasteiger partial charge in [-0.15, -0.1) is 0 Å². The average molecular weight is 185 g/mol. The van der Waals surface area contributed by atoms with Crippen LogP contribution in [0.4, 0.5) is 0 Å². The van der Waals surface area contributed by atoms with Gasteiger partial charge < -0.3 is 9.64 Å². The van der Waals surface area contributed by atoms with Crippen molar-refractivity contribution in [2.24, 2.45) is 0 Å². The number of hydrogen-bond acceptors (Lipinski definition) is 2. The first-order valence-electron chi connectivity index (χ1n) is 5.17. The van der Waals surface area contributed by atoms with Gasteiger partial charge in [-0.2, -0.15) is 0 Å². The van der Waals surface area contributed by atoms with E-state index in [4.69, 9.17) is 4.74 Å². The molecule has 0 bridgehead atoms. The van der Waals surface area contributed by atoms with Gasteiger partial charge in [0.05, 0.1) is 6.61 Å². The summed E-state index contributed by atoms with van der Waals surface area (Å²) in [6, 6.07) is 0. The Bertz CT molecular complexity index is 128. The molecule has 78 valence electrons. The Morgan fingerprint density at radius 3 is 2.15 bits per heavy atom. The van der Waals surface area contributed by atoms with E-state index >= 15 is 0 Å². The number of nitrogens with zero attached hydrogens (tertiary/aromatic N) is 1. The van der Waals surface area contributed by atoms with Gasteiger partial charge in [0.1, 0.15) is 0 Å². The SMILES string of the molecule is C=C(CCOC)N(CCC)CCC. The van der Waals surface area contributed by atoms with Gasteiger partial charge in [0, 0.05) is 32.3 Å². The Hall–Kier alpha value is -0.500. The van der Waals surface area contributed by atoms with Gasteiger partial charge in [-0.3, -0.25) is 0 Å². The standard InChI is InChI=1S/C11H23NO/c1-5-8-12(9-6-2)11(3)7-10-13-4/h3,5-10H2,1-2,4H3. The molecule has 0 amide bonds. The smallest absolute Gasteiger partial charge is 0.0516 e. The molecular formula is C11H23NO. The number of ether oxygens (including phenoxy) is 1. The molecule has 0 aliphatic carbocycles. The summed E-state index contributed by atoms with van der Waals surface area (Å²) in [7, 11) is 1.73. The zero-order chi connectivity index (χ0) is 10.1. The van der Waals surface area contributed by atoms with E-state index in [1.165, 1.54) is 18.5 Å². The molecule has 0 aromatic heterocycles. The normalized spacial score (nSPS) is 10.1. The quantitative estimate of drug-likeness (QED) is 0.576. The van der Waals surface area contributed by atoms with Crippen molar-refractivity contribution >= 4 is 0 Å². The highest BCUT2D eigenvalue weighted by molar-refractivity contribution is 4.93. The zero-order valence-corrected chi connectivity index (χ0v) is 9.31. The summed E-state index contributed by atoms with van der Waals surface area (Å²) in [5, 5.41) is 0. The molecule has 0 spiro atoms. The molecule has 0 aromatic carbocycles. The first kappa shape index (κ1) is 12.5. The summed E-state index contributed by atoms with van der Waals surface area (Å²) in [5.74, 6) is 0. The summed E-state index contributed by atoms with van der Waals surface area (Å²) in [6.07, 6.45) is 3.33. The Labute approximate surface area is 82.6 Å². The van der Waals surface area contributed by atoms with Gasteiger partial charge >= 0.3 is 0 Å². The van der Waals surface area contributed by atoms with Crippen molar-refractivity contribution in [2.75, 3.05) is 26.8 Å². The number of methoxy groups -OCH3 is 1. The molecule has 2 heteroatoms. The molecule has 2 nitrogen and oxygen atoms in total. The van der Waals surface area contributed by atoms with E-state index in [9.17, 15) is 0 Å². The lowest BCUT2D eigenvalue weighted by Gasteiger charge is -2.25. The predicted octanol–water partition coefficient (Wildman–Crippen LogP) is 2.66. The highest BCUT2D eigenvalue weighted by Crippen LogP contribution is 2.08. The summed E-state index contributed by atoms with van der Waals surface area (Å²) in [4.78, 5) is 2.36. The molecule has 0 radical (unpaired) electrons. The average Bonchev–Trinajstić information content (AvgIpc) is 2.14. The van der Waals surface area contributed by atoms with Gasteiger partial charge in [0.15, 0.2) is 0 Å². The van der Waals surface area contributed by atoms with Crippen molar-refractivity contribution in [1.29, 1.82) is 0 Å². The number of hydrogen-bond donors (Lipinski definition) is 0. The third-order valence-corrected chi connectivity index (χ3v) is 2.03. The van der Waals surface area contributed by atoms with Gasteiger partial charge in [0.2, 0.25) is 0 Å². The van der Waals surface area contributed by atoms with E-state index in [-0.39, 0.29) is 0 Å². The molecule has 13 heavy (non-hydrogen) atoms. The lowest BCUT2D eigenvalue weighted by Crippen LogP contribution is -2.24. The van der Waals surface area contributed by atoms with Gasteiger partial charge in [-0.05, 0) is 12.8 Å². The van der Waals surface area contributed by atoms with Gasteiger partial charge in [-0.1, -0.05) is 20.4 Å². The minimum absolute atomic E-state index is 0.781. The van der Waals surface area contributed by atoms with E-state index in [1.807, 2.05) is 0 Å². The van der Waals surface area contributed by atoms with Crippen LogP contribution in [0.25, 0.3) is 0 Å². The van der Waals surface area contributed by atoms with Crippen molar-refractivity contribution < 1.29 is 4.74 Å². The first-order chi connectivity index (χ1) is 6.26. The van der Waals surface area contributed by atoms with Crippen molar-refractivity contribution in [2.45, 2.75) is 33.1 Å². The van der Waals surface area contributed by atoms with E-state index in [0.29, 0.717) is 0 Å². The first-order valence-corrected chi connectivity index (χ1v) is 5.17. The lowest BCUT2D eigenvalue weighted by atomic mass is 10.2. The van der Waals surface area contributed by atoms with E-state index < -0.39 is 0 Å². The molecule has 0 saturated heterocycles. The number of rotatable bonds is 8. The molecule has 0 atom stereocenters. The van der Waals surface area contributed by atoms with Crippen molar-refractivity contribution in [3.63, 3.8) is 0 Å².